The molecule has 1 nitrogen and oxygen atoms in total. The number of rotatable bonds is 3. The molecule has 1 atom stereocenters. The van der Waals surface area contributed by atoms with Crippen LogP contribution in [0.4, 0.5) is 0 Å². The van der Waals surface area contributed by atoms with E-state index in [1.165, 1.54) is 6.42 Å². The molecule has 0 saturated carbocycles. The van der Waals surface area contributed by atoms with Gasteiger partial charge in [0, 0.05) is 6.54 Å². The van der Waals surface area contributed by atoms with Crippen LogP contribution in [0.1, 0.15) is 13.3 Å². The SMILES string of the molecule is C=CC1C=CC=CN1CCC. The van der Waals surface area contributed by atoms with E-state index in [4.69, 9.17) is 0 Å². The molecule has 1 unspecified atom stereocenters. The van der Waals surface area contributed by atoms with Crippen LogP contribution in [0.3, 0.4) is 0 Å². The van der Waals surface area contributed by atoms with Crippen LogP contribution in [-0.2, 0) is 0 Å². The van der Waals surface area contributed by atoms with Gasteiger partial charge in [-0.2, -0.15) is 0 Å². The maximum Gasteiger partial charge on any atom is 0.0652 e. The van der Waals surface area contributed by atoms with Gasteiger partial charge in [0.1, 0.15) is 0 Å². The molecule has 0 bridgehead atoms. The monoisotopic (exact) mass is 149 g/mol. The molecule has 11 heavy (non-hydrogen) atoms. The largest absolute Gasteiger partial charge is 0.368 e. The first-order valence-corrected chi connectivity index (χ1v) is 4.11. The third-order valence-electron chi connectivity index (χ3n) is 1.80. The lowest BCUT2D eigenvalue weighted by molar-refractivity contribution is 0.357. The first-order chi connectivity index (χ1) is 5.38. The minimum Gasteiger partial charge on any atom is -0.368 e. The molecule has 0 amide bonds. The normalized spacial score (nSPS) is 22.3. The predicted octanol–water partition coefficient (Wildman–Crippen LogP) is 2.34. The van der Waals surface area contributed by atoms with Crippen LogP contribution in [0.5, 0.6) is 0 Å². The average molecular weight is 149 g/mol. The third-order valence-corrected chi connectivity index (χ3v) is 1.80. The van der Waals surface area contributed by atoms with Crippen molar-refractivity contribution in [2.24, 2.45) is 0 Å². The maximum atomic E-state index is 3.79. The Morgan fingerprint density at radius 1 is 1.55 bits per heavy atom. The highest BCUT2D eigenvalue weighted by Crippen LogP contribution is 2.09. The Balaban J connectivity index is 2.55. The van der Waals surface area contributed by atoms with Crippen LogP contribution in [0.15, 0.2) is 37.1 Å². The highest BCUT2D eigenvalue weighted by molar-refractivity contribution is 5.17. The molecule has 0 aromatic heterocycles. The van der Waals surface area contributed by atoms with E-state index < -0.39 is 0 Å². The van der Waals surface area contributed by atoms with E-state index >= 15 is 0 Å². The summed E-state index contributed by atoms with van der Waals surface area (Å²) in [6.07, 6.45) is 11.6. The summed E-state index contributed by atoms with van der Waals surface area (Å²) in [6, 6.07) is 0.403. The van der Waals surface area contributed by atoms with Crippen molar-refractivity contribution in [3.8, 4) is 0 Å². The van der Waals surface area contributed by atoms with E-state index in [-0.39, 0.29) is 0 Å². The molecule has 0 aliphatic carbocycles. The minimum atomic E-state index is 0.403. The molecule has 1 heteroatoms. The van der Waals surface area contributed by atoms with Crippen LogP contribution in [0.25, 0.3) is 0 Å². The second-order valence-corrected chi connectivity index (χ2v) is 2.69. The van der Waals surface area contributed by atoms with Crippen molar-refractivity contribution in [2.45, 2.75) is 19.4 Å². The van der Waals surface area contributed by atoms with E-state index in [1.54, 1.807) is 0 Å². The molecule has 0 radical (unpaired) electrons. The Morgan fingerprint density at radius 3 is 3.00 bits per heavy atom. The topological polar surface area (TPSA) is 3.24 Å². The Hall–Kier alpha value is -0.980. The smallest absolute Gasteiger partial charge is 0.0652 e. The lowest BCUT2D eigenvalue weighted by atomic mass is 10.2. The summed E-state index contributed by atoms with van der Waals surface area (Å²) < 4.78 is 0. The third kappa shape index (κ3) is 1.97. The van der Waals surface area contributed by atoms with Gasteiger partial charge < -0.3 is 4.90 Å². The summed E-state index contributed by atoms with van der Waals surface area (Å²) in [5, 5.41) is 0. The van der Waals surface area contributed by atoms with Crippen LogP contribution in [-0.4, -0.2) is 17.5 Å². The van der Waals surface area contributed by atoms with E-state index in [0.29, 0.717) is 6.04 Å². The first kappa shape index (κ1) is 8.12. The number of hydrogen-bond acceptors (Lipinski definition) is 1. The number of nitrogens with zero attached hydrogens (tertiary/aromatic N) is 1. The lowest BCUT2D eigenvalue weighted by Gasteiger charge is -2.27. The molecule has 1 heterocycles. The molecule has 1 rings (SSSR count). The molecule has 0 saturated heterocycles. The van der Waals surface area contributed by atoms with Crippen molar-refractivity contribution in [3.63, 3.8) is 0 Å². The van der Waals surface area contributed by atoms with Gasteiger partial charge in [-0.3, -0.25) is 0 Å². The fraction of sp³-hybridized carbons (Fsp3) is 0.400. The number of hydrogen-bond donors (Lipinski definition) is 0. The average Bonchev–Trinajstić information content (AvgIpc) is 2.06. The van der Waals surface area contributed by atoms with Crippen molar-refractivity contribution in [1.29, 1.82) is 0 Å². The zero-order valence-electron chi connectivity index (χ0n) is 7.03. The van der Waals surface area contributed by atoms with Gasteiger partial charge in [0.05, 0.1) is 6.04 Å². The summed E-state index contributed by atoms with van der Waals surface area (Å²) in [7, 11) is 0. The van der Waals surface area contributed by atoms with Crippen molar-refractivity contribution in [2.75, 3.05) is 6.54 Å². The first-order valence-electron chi connectivity index (χ1n) is 4.11. The fourth-order valence-electron chi connectivity index (χ4n) is 1.24. The molecule has 1 aliphatic heterocycles. The zero-order chi connectivity index (χ0) is 8.10. The van der Waals surface area contributed by atoms with Crippen molar-refractivity contribution in [3.05, 3.63) is 37.1 Å². The van der Waals surface area contributed by atoms with Crippen molar-refractivity contribution in [1.82, 2.24) is 4.90 Å². The van der Waals surface area contributed by atoms with Gasteiger partial charge in [0.25, 0.3) is 0 Å². The highest BCUT2D eigenvalue weighted by atomic mass is 15.1. The van der Waals surface area contributed by atoms with Crippen LogP contribution >= 0.6 is 0 Å². The second kappa shape index (κ2) is 4.02. The van der Waals surface area contributed by atoms with Gasteiger partial charge in [-0.05, 0) is 18.7 Å². The van der Waals surface area contributed by atoms with Crippen LogP contribution in [0.2, 0.25) is 0 Å². The van der Waals surface area contributed by atoms with Crippen LogP contribution < -0.4 is 0 Å². The Labute approximate surface area is 68.7 Å². The molecule has 0 N–H and O–H groups in total. The zero-order valence-corrected chi connectivity index (χ0v) is 7.03. The van der Waals surface area contributed by atoms with E-state index in [1.807, 2.05) is 6.08 Å². The summed E-state index contributed by atoms with van der Waals surface area (Å²) >= 11 is 0. The maximum absolute atomic E-state index is 3.79. The molecule has 0 spiro atoms. The van der Waals surface area contributed by atoms with E-state index in [0.717, 1.165) is 6.54 Å². The number of allylic oxidation sites excluding steroid dienone is 2. The predicted molar refractivity (Wildman–Crippen MR) is 49.3 cm³/mol. The Morgan fingerprint density at radius 2 is 2.36 bits per heavy atom. The second-order valence-electron chi connectivity index (χ2n) is 2.69. The molecular weight excluding hydrogens is 134 g/mol. The van der Waals surface area contributed by atoms with Crippen LogP contribution in [0, 0.1) is 0 Å². The van der Waals surface area contributed by atoms with Gasteiger partial charge in [-0.1, -0.05) is 25.2 Å². The van der Waals surface area contributed by atoms with Gasteiger partial charge in [0.2, 0.25) is 0 Å². The van der Waals surface area contributed by atoms with Crippen molar-refractivity contribution < 1.29 is 0 Å². The summed E-state index contributed by atoms with van der Waals surface area (Å²) in [5.74, 6) is 0. The minimum absolute atomic E-state index is 0.403. The molecular formula is C10H15N. The van der Waals surface area contributed by atoms with Gasteiger partial charge in [0.15, 0.2) is 0 Å². The lowest BCUT2D eigenvalue weighted by Crippen LogP contribution is -2.29. The van der Waals surface area contributed by atoms with Gasteiger partial charge in [-0.25, -0.2) is 0 Å². The van der Waals surface area contributed by atoms with Crippen molar-refractivity contribution >= 4 is 0 Å². The van der Waals surface area contributed by atoms with Gasteiger partial charge >= 0.3 is 0 Å². The molecule has 0 aromatic carbocycles. The quantitative estimate of drug-likeness (QED) is 0.557. The van der Waals surface area contributed by atoms with E-state index in [9.17, 15) is 0 Å². The molecule has 60 valence electrons. The standard InChI is InChI=1S/C10H15N/c1-3-8-11-9-6-5-7-10(11)4-2/h4-7,9-10H,2-3,8H2,1H3. The summed E-state index contributed by atoms with van der Waals surface area (Å²) in [5.41, 5.74) is 0. The Kier molecular flexibility index (Phi) is 2.96. The van der Waals surface area contributed by atoms with E-state index in [2.05, 4.69) is 42.8 Å². The Bertz CT molecular complexity index is 179. The van der Waals surface area contributed by atoms with Gasteiger partial charge in [-0.15, -0.1) is 6.58 Å². The molecule has 0 fully saturated rings. The summed E-state index contributed by atoms with van der Waals surface area (Å²) in [6.45, 7) is 7.09. The summed E-state index contributed by atoms with van der Waals surface area (Å²) in [4.78, 5) is 2.28. The molecule has 0 aromatic rings. The highest BCUT2D eigenvalue weighted by Gasteiger charge is 2.08. The molecule has 1 aliphatic rings. The fourth-order valence-corrected chi connectivity index (χ4v) is 1.24.